The van der Waals surface area contributed by atoms with Crippen molar-refractivity contribution in [2.45, 2.75) is 10.3 Å². The van der Waals surface area contributed by atoms with Gasteiger partial charge in [-0.25, -0.2) is 4.79 Å². The van der Waals surface area contributed by atoms with Gasteiger partial charge in [0.15, 0.2) is 0 Å². The normalized spacial score (nSPS) is 11.4. The average molecular weight is 354 g/mol. The fourth-order valence-corrected chi connectivity index (χ4v) is 1.63. The highest BCUT2D eigenvalue weighted by Crippen LogP contribution is 2.38. The van der Waals surface area contributed by atoms with E-state index >= 15 is 0 Å². The van der Waals surface area contributed by atoms with Crippen LogP contribution in [0.5, 0.6) is 0 Å². The Kier molecular flexibility index (Phi) is 6.03. The van der Waals surface area contributed by atoms with Gasteiger partial charge in [0.2, 0.25) is 0 Å². The summed E-state index contributed by atoms with van der Waals surface area (Å²) in [5.41, 5.74) is 0.663. The van der Waals surface area contributed by atoms with Gasteiger partial charge in [-0.15, -0.1) is 0 Å². The van der Waals surface area contributed by atoms with Crippen molar-refractivity contribution in [2.75, 3.05) is 0 Å². The molecule has 0 bridgehead atoms. The lowest BCUT2D eigenvalue weighted by molar-refractivity contribution is -0.143. The summed E-state index contributed by atoms with van der Waals surface area (Å²) in [6.45, 7) is -0.0195. The van der Waals surface area contributed by atoms with Crippen LogP contribution >= 0.6 is 68.1 Å². The zero-order valence-electron chi connectivity index (χ0n) is 8.05. The Morgan fingerprint density at radius 1 is 1.29 bits per heavy atom. The second-order valence-electron chi connectivity index (χ2n) is 2.92. The zero-order chi connectivity index (χ0) is 13.1. The predicted molar refractivity (Wildman–Crippen MR) is 74.1 cm³/mol. The maximum atomic E-state index is 11.4. The van der Waals surface area contributed by atoms with Crippen LogP contribution in [0.3, 0.4) is 0 Å². The molecule has 0 N–H and O–H groups in total. The quantitative estimate of drug-likeness (QED) is 0.559. The molecule has 1 rings (SSSR count). The van der Waals surface area contributed by atoms with Gasteiger partial charge in [0.05, 0.1) is 10.0 Å². The highest BCUT2D eigenvalue weighted by molar-refractivity contribution is 8.24. The van der Waals surface area contributed by atoms with Gasteiger partial charge < -0.3 is 4.74 Å². The molecule has 0 spiro atoms. The number of alkyl halides is 2. The molecule has 0 aromatic heterocycles. The first-order valence-corrected chi connectivity index (χ1v) is 7.31. The molecule has 0 saturated heterocycles. The molecule has 0 radical (unpaired) electrons. The second kappa shape index (κ2) is 6.60. The zero-order valence-corrected chi connectivity index (χ0v) is 12.6. The smallest absolute Gasteiger partial charge is 0.354 e. The molecule has 8 heteroatoms. The second-order valence-corrected chi connectivity index (χ2v) is 6.74. The summed E-state index contributed by atoms with van der Waals surface area (Å²) in [4.78, 5) is 11.4. The highest BCUT2D eigenvalue weighted by Gasteiger charge is 2.36. The molecule has 94 valence electrons. The number of carbonyl (C=O) groups excluding carboxylic acids is 1. The third-order valence-corrected chi connectivity index (χ3v) is 4.73. The maximum absolute atomic E-state index is 11.4. The van der Waals surface area contributed by atoms with Gasteiger partial charge in [0, 0.05) is 0 Å². The summed E-state index contributed by atoms with van der Waals surface area (Å²) in [6, 6.07) is 4.84. The molecular formula is C9H5Cl5O2S. The van der Waals surface area contributed by atoms with Crippen molar-refractivity contribution in [3.05, 3.63) is 33.8 Å². The van der Waals surface area contributed by atoms with Crippen LogP contribution in [0.15, 0.2) is 18.2 Å². The largest absolute Gasteiger partial charge is 0.458 e. The molecule has 1 aromatic carbocycles. The van der Waals surface area contributed by atoms with Crippen molar-refractivity contribution >= 4 is 74.0 Å². The Hall–Kier alpha value is 0.490. The van der Waals surface area contributed by atoms with Crippen molar-refractivity contribution in [2.24, 2.45) is 0 Å². The summed E-state index contributed by atoms with van der Waals surface area (Å²) in [6.07, 6.45) is 0. The Morgan fingerprint density at radius 3 is 2.47 bits per heavy atom. The van der Waals surface area contributed by atoms with E-state index in [9.17, 15) is 4.79 Å². The number of carbonyl (C=O) groups is 1. The van der Waals surface area contributed by atoms with Crippen molar-refractivity contribution in [3.8, 4) is 0 Å². The number of benzene rings is 1. The van der Waals surface area contributed by atoms with Gasteiger partial charge in [-0.1, -0.05) is 52.5 Å². The lowest BCUT2D eigenvalue weighted by Crippen LogP contribution is -2.23. The van der Waals surface area contributed by atoms with Gasteiger partial charge in [-0.05, 0) is 39.4 Å². The third kappa shape index (κ3) is 4.58. The number of hydrogen-bond donors (Lipinski definition) is 0. The molecule has 0 aliphatic heterocycles. The van der Waals surface area contributed by atoms with Crippen LogP contribution in [0, 0.1) is 0 Å². The molecule has 1 aromatic rings. The first kappa shape index (κ1) is 15.5. The SMILES string of the molecule is O=C(OCc1ccc(Cl)c(Cl)c1)C(Cl)(Cl)SCl. The van der Waals surface area contributed by atoms with E-state index in [0.29, 0.717) is 26.6 Å². The first-order chi connectivity index (χ1) is 7.86. The molecule has 0 fully saturated rings. The van der Waals surface area contributed by atoms with E-state index in [-0.39, 0.29) is 6.61 Å². The third-order valence-electron chi connectivity index (χ3n) is 1.69. The van der Waals surface area contributed by atoms with Gasteiger partial charge in [-0.3, -0.25) is 0 Å². The van der Waals surface area contributed by atoms with Crippen LogP contribution in [0.4, 0.5) is 0 Å². The van der Waals surface area contributed by atoms with E-state index in [1.165, 1.54) is 0 Å². The highest BCUT2D eigenvalue weighted by atomic mass is 35.7. The van der Waals surface area contributed by atoms with E-state index in [0.717, 1.165) is 0 Å². The number of ether oxygens (including phenoxy) is 1. The van der Waals surface area contributed by atoms with Crippen LogP contribution in [-0.4, -0.2) is 9.63 Å². The molecule has 0 atom stereocenters. The molecule has 0 heterocycles. The van der Waals surface area contributed by atoms with E-state index in [1.54, 1.807) is 18.2 Å². The van der Waals surface area contributed by atoms with Crippen LogP contribution in [0.2, 0.25) is 10.0 Å². The topological polar surface area (TPSA) is 26.3 Å². The van der Waals surface area contributed by atoms with Gasteiger partial charge in [0.25, 0.3) is 3.67 Å². The van der Waals surface area contributed by atoms with Gasteiger partial charge in [-0.2, -0.15) is 0 Å². The number of rotatable bonds is 4. The molecule has 0 unspecified atom stereocenters. The van der Waals surface area contributed by atoms with Crippen LogP contribution in [0.25, 0.3) is 0 Å². The standard InChI is InChI=1S/C9H5Cl5O2S/c10-6-2-1-5(3-7(6)11)4-16-8(15)9(12,13)17-14/h1-3H,4H2. The predicted octanol–water partition coefficient (Wildman–Crippen LogP) is 5.06. The molecule has 0 saturated carbocycles. The minimum Gasteiger partial charge on any atom is -0.458 e. The monoisotopic (exact) mass is 352 g/mol. The van der Waals surface area contributed by atoms with E-state index in [4.69, 9.17) is 61.8 Å². The molecule has 17 heavy (non-hydrogen) atoms. The Bertz CT molecular complexity index is 424. The van der Waals surface area contributed by atoms with Crippen molar-refractivity contribution in [1.82, 2.24) is 0 Å². The minimum atomic E-state index is -1.82. The summed E-state index contributed by atoms with van der Waals surface area (Å²) in [7, 11) is 5.79. The molecule has 0 aliphatic carbocycles. The minimum absolute atomic E-state index is 0.0195. The van der Waals surface area contributed by atoms with Gasteiger partial charge >= 0.3 is 5.97 Å². The van der Waals surface area contributed by atoms with Crippen LogP contribution in [-0.2, 0) is 16.1 Å². The number of halogens is 5. The average Bonchev–Trinajstić information content (AvgIpc) is 2.30. The summed E-state index contributed by atoms with van der Waals surface area (Å²) >= 11 is 22.7. The fraction of sp³-hybridized carbons (Fsp3) is 0.222. The summed E-state index contributed by atoms with van der Waals surface area (Å²) in [5, 5.41) is 0.789. The lowest BCUT2D eigenvalue weighted by atomic mass is 10.2. The van der Waals surface area contributed by atoms with E-state index < -0.39 is 9.63 Å². The van der Waals surface area contributed by atoms with E-state index in [2.05, 4.69) is 0 Å². The molecular weight excluding hydrogens is 349 g/mol. The van der Waals surface area contributed by atoms with Crippen molar-refractivity contribution in [1.29, 1.82) is 0 Å². The molecule has 0 aliphatic rings. The lowest BCUT2D eigenvalue weighted by Gasteiger charge is -2.13. The first-order valence-electron chi connectivity index (χ1n) is 4.15. The van der Waals surface area contributed by atoms with Crippen molar-refractivity contribution in [3.63, 3.8) is 0 Å². The number of esters is 1. The Labute approximate surface area is 127 Å². The summed E-state index contributed by atoms with van der Waals surface area (Å²) < 4.78 is 3.05. The fourth-order valence-electron chi connectivity index (χ4n) is 0.894. The van der Waals surface area contributed by atoms with Gasteiger partial charge in [0.1, 0.15) is 6.61 Å². The van der Waals surface area contributed by atoms with Crippen LogP contribution < -0.4 is 0 Å². The number of hydrogen-bond acceptors (Lipinski definition) is 3. The van der Waals surface area contributed by atoms with Crippen molar-refractivity contribution < 1.29 is 9.53 Å². The van der Waals surface area contributed by atoms with Crippen LogP contribution in [0.1, 0.15) is 5.56 Å². The maximum Gasteiger partial charge on any atom is 0.354 e. The van der Waals surface area contributed by atoms with E-state index in [1.807, 2.05) is 0 Å². The molecule has 0 amide bonds. The Morgan fingerprint density at radius 2 is 1.94 bits per heavy atom. The molecule has 2 nitrogen and oxygen atoms in total. The Balaban J connectivity index is 2.62. The summed E-state index contributed by atoms with van der Waals surface area (Å²) in [5.74, 6) is -0.841.